The molecule has 0 fully saturated rings. The molecule has 0 spiro atoms. The molecule has 0 aromatic carbocycles. The molecule has 3 nitrogen and oxygen atoms in total. The number of carbonyl (C=O) groups is 1. The summed E-state index contributed by atoms with van der Waals surface area (Å²) in [5, 5.41) is 0. The van der Waals surface area contributed by atoms with Crippen LogP contribution < -0.4 is 0 Å². The lowest BCUT2D eigenvalue weighted by Gasteiger charge is -2.05. The van der Waals surface area contributed by atoms with E-state index in [4.69, 9.17) is 0 Å². The van der Waals surface area contributed by atoms with Gasteiger partial charge in [0.05, 0.1) is 11.3 Å². The van der Waals surface area contributed by atoms with Crippen LogP contribution in [0.1, 0.15) is 22.5 Å². The van der Waals surface area contributed by atoms with Crippen LogP contribution in [-0.4, -0.2) is 15.8 Å². The van der Waals surface area contributed by atoms with Crippen molar-refractivity contribution in [1.82, 2.24) is 9.97 Å². The fourth-order valence-electron chi connectivity index (χ4n) is 1.07. The molecule has 0 aliphatic heterocycles. The molecule has 1 aromatic rings. The van der Waals surface area contributed by atoms with Crippen LogP contribution in [-0.2, 0) is 0 Å². The van der Waals surface area contributed by atoms with Gasteiger partial charge in [-0.15, -0.1) is 0 Å². The lowest BCUT2D eigenvalue weighted by atomic mass is 10.0. The summed E-state index contributed by atoms with van der Waals surface area (Å²) in [6.45, 7) is 0. The molecule has 1 aliphatic rings. The first-order chi connectivity index (χ1) is 5.38. The smallest absolute Gasteiger partial charge is 0.170 e. The van der Waals surface area contributed by atoms with Crippen molar-refractivity contribution in [2.45, 2.75) is 6.42 Å². The van der Waals surface area contributed by atoms with Crippen molar-refractivity contribution in [3.05, 3.63) is 29.9 Å². The molecule has 0 unspecified atom stereocenters. The molecule has 0 amide bonds. The Morgan fingerprint density at radius 1 is 1.45 bits per heavy atom. The third-order valence-corrected chi connectivity index (χ3v) is 1.62. The summed E-state index contributed by atoms with van der Waals surface area (Å²) in [6.07, 6.45) is 7.15. The van der Waals surface area contributed by atoms with Gasteiger partial charge in [-0.1, -0.05) is 6.08 Å². The van der Waals surface area contributed by atoms with E-state index in [0.29, 0.717) is 12.0 Å². The maximum absolute atomic E-state index is 11.2. The minimum Gasteiger partial charge on any atom is -0.294 e. The number of hydrogen-bond acceptors (Lipinski definition) is 3. The van der Waals surface area contributed by atoms with Crippen LogP contribution in [0.15, 0.2) is 18.6 Å². The van der Waals surface area contributed by atoms with Gasteiger partial charge in [-0.25, -0.2) is 9.97 Å². The van der Waals surface area contributed by atoms with E-state index in [1.54, 1.807) is 6.20 Å². The van der Waals surface area contributed by atoms with Crippen LogP contribution in [0.3, 0.4) is 0 Å². The van der Waals surface area contributed by atoms with E-state index >= 15 is 0 Å². The minimum atomic E-state index is 0.100. The molecule has 0 radical (unpaired) electrons. The summed E-state index contributed by atoms with van der Waals surface area (Å²) >= 11 is 0. The van der Waals surface area contributed by atoms with Gasteiger partial charge in [0.15, 0.2) is 5.78 Å². The highest BCUT2D eigenvalue weighted by Crippen LogP contribution is 2.14. The molecule has 0 N–H and O–H groups in total. The number of ketones is 1. The summed E-state index contributed by atoms with van der Waals surface area (Å²) in [6, 6.07) is 0. The third kappa shape index (κ3) is 0.941. The zero-order chi connectivity index (χ0) is 7.68. The second kappa shape index (κ2) is 2.27. The molecule has 54 valence electrons. The van der Waals surface area contributed by atoms with E-state index in [0.717, 1.165) is 5.69 Å². The topological polar surface area (TPSA) is 42.9 Å². The first kappa shape index (κ1) is 6.22. The maximum Gasteiger partial charge on any atom is 0.170 e. The van der Waals surface area contributed by atoms with Crippen molar-refractivity contribution < 1.29 is 4.79 Å². The van der Waals surface area contributed by atoms with Crippen molar-refractivity contribution in [2.24, 2.45) is 0 Å². The molecule has 0 saturated heterocycles. The third-order valence-electron chi connectivity index (χ3n) is 1.62. The van der Waals surface area contributed by atoms with Crippen LogP contribution in [0.25, 0.3) is 6.08 Å². The van der Waals surface area contributed by atoms with E-state index in [1.807, 2.05) is 12.2 Å². The average Bonchev–Trinajstić information content (AvgIpc) is 2.06. The number of Topliss-reactive ketones (excluding diaryl/α,β-unsaturated/α-hetero) is 1. The van der Waals surface area contributed by atoms with Gasteiger partial charge in [0.1, 0.15) is 6.33 Å². The quantitative estimate of drug-likeness (QED) is 0.550. The standard InChI is InChI=1S/C8H6N2O/c11-8-3-1-2-7-6(8)4-9-5-10-7/h1-2,4-5H,3H2. The van der Waals surface area contributed by atoms with Crippen molar-refractivity contribution >= 4 is 11.9 Å². The predicted octanol–water partition coefficient (Wildman–Crippen LogP) is 1.08. The Morgan fingerprint density at radius 2 is 2.36 bits per heavy atom. The van der Waals surface area contributed by atoms with Gasteiger partial charge < -0.3 is 0 Å². The maximum atomic E-state index is 11.2. The minimum absolute atomic E-state index is 0.100. The number of aromatic nitrogens is 2. The second-order valence-electron chi connectivity index (χ2n) is 2.35. The van der Waals surface area contributed by atoms with E-state index in [9.17, 15) is 4.79 Å². The molecule has 1 aliphatic carbocycles. The Hall–Kier alpha value is -1.51. The molecule has 11 heavy (non-hydrogen) atoms. The SMILES string of the molecule is O=C1CC=Cc2ncncc21. The highest BCUT2D eigenvalue weighted by molar-refractivity contribution is 6.01. The lowest BCUT2D eigenvalue weighted by Crippen LogP contribution is -2.06. The zero-order valence-corrected chi connectivity index (χ0v) is 5.82. The van der Waals surface area contributed by atoms with E-state index < -0.39 is 0 Å². The Morgan fingerprint density at radius 3 is 3.18 bits per heavy atom. The molecular weight excluding hydrogens is 140 g/mol. The van der Waals surface area contributed by atoms with Gasteiger partial charge in [0.2, 0.25) is 0 Å². The Balaban J connectivity index is 2.63. The average molecular weight is 146 g/mol. The van der Waals surface area contributed by atoms with Gasteiger partial charge >= 0.3 is 0 Å². The molecule has 0 bridgehead atoms. The number of hydrogen-bond donors (Lipinski definition) is 0. The van der Waals surface area contributed by atoms with Gasteiger partial charge in [0.25, 0.3) is 0 Å². The monoisotopic (exact) mass is 146 g/mol. The van der Waals surface area contributed by atoms with Crippen LogP contribution in [0.2, 0.25) is 0 Å². The number of nitrogens with zero attached hydrogens (tertiary/aromatic N) is 2. The Labute approximate surface area is 63.8 Å². The first-order valence-corrected chi connectivity index (χ1v) is 3.37. The number of rotatable bonds is 0. The first-order valence-electron chi connectivity index (χ1n) is 3.37. The van der Waals surface area contributed by atoms with E-state index in [2.05, 4.69) is 9.97 Å². The summed E-state index contributed by atoms with van der Waals surface area (Å²) in [5.41, 5.74) is 1.37. The van der Waals surface area contributed by atoms with Crippen LogP contribution in [0.4, 0.5) is 0 Å². The van der Waals surface area contributed by atoms with Gasteiger partial charge in [-0.3, -0.25) is 4.79 Å². The molecule has 1 aromatic heterocycles. The summed E-state index contributed by atoms with van der Waals surface area (Å²) < 4.78 is 0. The van der Waals surface area contributed by atoms with Crippen molar-refractivity contribution in [3.63, 3.8) is 0 Å². The number of allylic oxidation sites excluding steroid dienone is 1. The van der Waals surface area contributed by atoms with Gasteiger partial charge in [-0.2, -0.15) is 0 Å². The highest BCUT2D eigenvalue weighted by atomic mass is 16.1. The zero-order valence-electron chi connectivity index (χ0n) is 5.82. The molecule has 3 heteroatoms. The van der Waals surface area contributed by atoms with Crippen molar-refractivity contribution in [3.8, 4) is 0 Å². The molecular formula is C8H6N2O. The highest BCUT2D eigenvalue weighted by Gasteiger charge is 2.12. The predicted molar refractivity (Wildman–Crippen MR) is 40.0 cm³/mol. The summed E-state index contributed by atoms with van der Waals surface area (Å²) in [5.74, 6) is 0.100. The van der Waals surface area contributed by atoms with E-state index in [-0.39, 0.29) is 5.78 Å². The molecule has 1 heterocycles. The number of fused-ring (bicyclic) bond motifs is 1. The molecule has 0 atom stereocenters. The fraction of sp³-hybridized carbons (Fsp3) is 0.125. The lowest BCUT2D eigenvalue weighted by molar-refractivity contribution is 0.0993. The second-order valence-corrected chi connectivity index (χ2v) is 2.35. The van der Waals surface area contributed by atoms with Gasteiger partial charge in [0, 0.05) is 12.6 Å². The number of carbonyl (C=O) groups excluding carboxylic acids is 1. The van der Waals surface area contributed by atoms with Crippen molar-refractivity contribution in [1.29, 1.82) is 0 Å². The summed E-state index contributed by atoms with van der Waals surface area (Å²) in [7, 11) is 0. The largest absolute Gasteiger partial charge is 0.294 e. The van der Waals surface area contributed by atoms with E-state index in [1.165, 1.54) is 6.33 Å². The van der Waals surface area contributed by atoms with Crippen LogP contribution in [0.5, 0.6) is 0 Å². The Kier molecular flexibility index (Phi) is 1.28. The van der Waals surface area contributed by atoms with Crippen molar-refractivity contribution in [2.75, 3.05) is 0 Å². The normalized spacial score (nSPS) is 14.7. The van der Waals surface area contributed by atoms with Crippen LogP contribution >= 0.6 is 0 Å². The Bertz CT molecular complexity index is 331. The summed E-state index contributed by atoms with van der Waals surface area (Å²) in [4.78, 5) is 18.9. The molecule has 2 rings (SSSR count). The van der Waals surface area contributed by atoms with Crippen LogP contribution in [0, 0.1) is 0 Å². The van der Waals surface area contributed by atoms with Gasteiger partial charge in [-0.05, 0) is 6.08 Å². The fourth-order valence-corrected chi connectivity index (χ4v) is 1.07. The molecule has 0 saturated carbocycles.